The van der Waals surface area contributed by atoms with Gasteiger partial charge in [0.2, 0.25) is 0 Å². The van der Waals surface area contributed by atoms with E-state index in [9.17, 15) is 0 Å². The maximum absolute atomic E-state index is 6.24. The molecule has 0 aromatic rings. The van der Waals surface area contributed by atoms with Crippen molar-refractivity contribution in [2.75, 3.05) is 26.2 Å². The second-order valence-corrected chi connectivity index (χ2v) is 7.99. The summed E-state index contributed by atoms with van der Waals surface area (Å²) >= 11 is 0. The highest BCUT2D eigenvalue weighted by Gasteiger charge is 2.51. The minimum absolute atomic E-state index is 0.331. The van der Waals surface area contributed by atoms with E-state index in [0.29, 0.717) is 11.6 Å². The van der Waals surface area contributed by atoms with Crippen molar-refractivity contribution < 1.29 is 0 Å². The number of fused-ring (bicyclic) bond motifs is 1. The molecule has 2 saturated heterocycles. The van der Waals surface area contributed by atoms with E-state index in [-0.39, 0.29) is 0 Å². The number of hydrogen-bond donors (Lipinski definition) is 1. The van der Waals surface area contributed by atoms with Gasteiger partial charge in [0.25, 0.3) is 0 Å². The molecule has 3 nitrogen and oxygen atoms in total. The van der Waals surface area contributed by atoms with Gasteiger partial charge in [0.1, 0.15) is 0 Å². The zero-order valence-electron chi connectivity index (χ0n) is 13.6. The molecule has 3 rings (SSSR count). The van der Waals surface area contributed by atoms with Gasteiger partial charge in [0.15, 0.2) is 0 Å². The molecule has 0 radical (unpaired) electrons. The third-order valence-electron chi connectivity index (χ3n) is 6.40. The van der Waals surface area contributed by atoms with Crippen LogP contribution in [0.25, 0.3) is 0 Å². The summed E-state index contributed by atoms with van der Waals surface area (Å²) in [6, 6.07) is 1.49. The van der Waals surface area contributed by atoms with Crippen LogP contribution >= 0.6 is 0 Å². The number of rotatable bonds is 3. The average Bonchev–Trinajstić information content (AvgIpc) is 2.38. The van der Waals surface area contributed by atoms with Gasteiger partial charge < -0.3 is 5.73 Å². The first kappa shape index (κ1) is 14.8. The van der Waals surface area contributed by atoms with Gasteiger partial charge in [-0.3, -0.25) is 9.80 Å². The van der Waals surface area contributed by atoms with E-state index < -0.39 is 0 Å². The fourth-order valence-electron chi connectivity index (χ4n) is 4.92. The van der Waals surface area contributed by atoms with E-state index in [1.165, 1.54) is 51.7 Å². The van der Waals surface area contributed by atoms with E-state index in [4.69, 9.17) is 5.73 Å². The van der Waals surface area contributed by atoms with Crippen molar-refractivity contribution in [2.45, 2.75) is 70.5 Å². The van der Waals surface area contributed by atoms with Gasteiger partial charge in [-0.15, -0.1) is 0 Å². The van der Waals surface area contributed by atoms with Gasteiger partial charge in [-0.05, 0) is 51.0 Å². The molecule has 0 aromatic heterocycles. The highest BCUT2D eigenvalue weighted by Crippen LogP contribution is 2.47. The Hall–Kier alpha value is -0.120. The molecule has 2 aliphatic heterocycles. The molecule has 3 heteroatoms. The second-order valence-electron chi connectivity index (χ2n) is 7.99. The largest absolute Gasteiger partial charge is 0.329 e. The highest BCUT2D eigenvalue weighted by atomic mass is 15.3. The summed E-state index contributed by atoms with van der Waals surface area (Å²) in [4.78, 5) is 5.55. The van der Waals surface area contributed by atoms with Crippen LogP contribution in [-0.2, 0) is 0 Å². The number of nitrogens with two attached hydrogens (primary N) is 1. The van der Waals surface area contributed by atoms with Crippen LogP contribution in [-0.4, -0.2) is 53.6 Å². The number of piperazine rings is 1. The molecule has 0 aromatic carbocycles. The van der Waals surface area contributed by atoms with Crippen molar-refractivity contribution in [3.05, 3.63) is 0 Å². The van der Waals surface area contributed by atoms with E-state index in [1.807, 2.05) is 0 Å². The van der Waals surface area contributed by atoms with E-state index in [1.54, 1.807) is 0 Å². The van der Waals surface area contributed by atoms with Gasteiger partial charge in [0, 0.05) is 37.3 Å². The normalized spacial score (nSPS) is 43.4. The van der Waals surface area contributed by atoms with E-state index in [2.05, 4.69) is 30.6 Å². The van der Waals surface area contributed by atoms with Gasteiger partial charge in [-0.25, -0.2) is 0 Å². The van der Waals surface area contributed by atoms with Crippen LogP contribution < -0.4 is 5.73 Å². The third kappa shape index (κ3) is 2.42. The summed E-state index contributed by atoms with van der Waals surface area (Å²) in [7, 11) is 0. The summed E-state index contributed by atoms with van der Waals surface area (Å²) in [5, 5.41) is 0. The van der Waals surface area contributed by atoms with Crippen molar-refractivity contribution >= 4 is 0 Å². The summed E-state index contributed by atoms with van der Waals surface area (Å²) in [5.74, 6) is 1.72. The Balaban J connectivity index is 1.69. The van der Waals surface area contributed by atoms with Crippen LogP contribution in [0.3, 0.4) is 0 Å². The summed E-state index contributed by atoms with van der Waals surface area (Å²) < 4.78 is 0. The fourth-order valence-corrected chi connectivity index (χ4v) is 4.92. The third-order valence-corrected chi connectivity index (χ3v) is 6.40. The molecule has 20 heavy (non-hydrogen) atoms. The molecule has 0 bridgehead atoms. The van der Waals surface area contributed by atoms with Crippen LogP contribution in [0.5, 0.6) is 0 Å². The molecule has 2 N–H and O–H groups in total. The lowest BCUT2D eigenvalue weighted by atomic mass is 9.62. The summed E-state index contributed by atoms with van der Waals surface area (Å²) in [6.45, 7) is 11.9. The number of hydrogen-bond acceptors (Lipinski definition) is 3. The fraction of sp³-hybridized carbons (Fsp3) is 1.00. The zero-order valence-corrected chi connectivity index (χ0v) is 13.6. The second kappa shape index (κ2) is 5.58. The maximum atomic E-state index is 6.24. The standard InChI is InChI=1S/C17H33N3/c1-13(2)15-8-17(9-15,12-18)20-11-16-6-4-5-7-19(16)10-14(20)3/h13-16H,4-12,18H2,1-3H3. The highest BCUT2D eigenvalue weighted by molar-refractivity contribution is 5.08. The van der Waals surface area contributed by atoms with Crippen molar-refractivity contribution in [3.8, 4) is 0 Å². The quantitative estimate of drug-likeness (QED) is 0.860. The number of nitrogens with zero attached hydrogens (tertiary/aromatic N) is 2. The monoisotopic (exact) mass is 279 g/mol. The topological polar surface area (TPSA) is 32.5 Å². The molecule has 2 unspecified atom stereocenters. The Morgan fingerprint density at radius 2 is 1.95 bits per heavy atom. The van der Waals surface area contributed by atoms with Crippen LogP contribution in [0.15, 0.2) is 0 Å². The maximum Gasteiger partial charge on any atom is 0.0341 e. The smallest absolute Gasteiger partial charge is 0.0341 e. The average molecular weight is 279 g/mol. The molecule has 0 amide bonds. The zero-order chi connectivity index (χ0) is 14.3. The summed E-state index contributed by atoms with van der Waals surface area (Å²) in [5.41, 5.74) is 6.57. The predicted octanol–water partition coefficient (Wildman–Crippen LogP) is 2.31. The number of piperidine rings is 1. The molecule has 2 heterocycles. The molecule has 1 saturated carbocycles. The summed E-state index contributed by atoms with van der Waals surface area (Å²) in [6.07, 6.45) is 6.89. The van der Waals surface area contributed by atoms with Crippen LogP contribution in [0.1, 0.15) is 52.9 Å². The van der Waals surface area contributed by atoms with Crippen molar-refractivity contribution in [2.24, 2.45) is 17.6 Å². The molecule has 2 atom stereocenters. The lowest BCUT2D eigenvalue weighted by Gasteiger charge is -2.61. The van der Waals surface area contributed by atoms with Crippen molar-refractivity contribution in [3.63, 3.8) is 0 Å². The molecule has 3 aliphatic rings. The van der Waals surface area contributed by atoms with E-state index >= 15 is 0 Å². The van der Waals surface area contributed by atoms with Crippen LogP contribution in [0.2, 0.25) is 0 Å². The SMILES string of the molecule is CC(C)C1CC(CN)(N2CC3CCCCN3CC2C)C1. The lowest BCUT2D eigenvalue weighted by molar-refractivity contribution is -0.103. The molecule has 1 aliphatic carbocycles. The first-order valence-corrected chi connectivity index (χ1v) is 8.76. The molecular weight excluding hydrogens is 246 g/mol. The first-order chi connectivity index (χ1) is 9.55. The minimum atomic E-state index is 0.331. The minimum Gasteiger partial charge on any atom is -0.329 e. The van der Waals surface area contributed by atoms with Gasteiger partial charge >= 0.3 is 0 Å². The lowest BCUT2D eigenvalue weighted by Crippen LogP contribution is -2.71. The van der Waals surface area contributed by atoms with Gasteiger partial charge in [0.05, 0.1) is 0 Å². The molecule has 0 spiro atoms. The first-order valence-electron chi connectivity index (χ1n) is 8.76. The molecule has 116 valence electrons. The molecular formula is C17H33N3. The molecule has 3 fully saturated rings. The Morgan fingerprint density at radius 1 is 1.20 bits per heavy atom. The van der Waals surface area contributed by atoms with Gasteiger partial charge in [-0.2, -0.15) is 0 Å². The van der Waals surface area contributed by atoms with E-state index in [0.717, 1.165) is 24.4 Å². The van der Waals surface area contributed by atoms with Crippen molar-refractivity contribution in [1.29, 1.82) is 0 Å². The van der Waals surface area contributed by atoms with Crippen LogP contribution in [0.4, 0.5) is 0 Å². The van der Waals surface area contributed by atoms with Gasteiger partial charge in [-0.1, -0.05) is 20.3 Å². The Labute approximate surface area is 124 Å². The van der Waals surface area contributed by atoms with Crippen LogP contribution in [0, 0.1) is 11.8 Å². The Kier molecular flexibility index (Phi) is 4.13. The van der Waals surface area contributed by atoms with Crippen molar-refractivity contribution in [1.82, 2.24) is 9.80 Å². The Morgan fingerprint density at radius 3 is 2.60 bits per heavy atom. The predicted molar refractivity (Wildman–Crippen MR) is 84.7 cm³/mol. The Bertz CT molecular complexity index is 335.